The zero-order valence-corrected chi connectivity index (χ0v) is 12.9. The molecule has 1 aliphatic carbocycles. The topological polar surface area (TPSA) is 21.3 Å². The van der Waals surface area contributed by atoms with E-state index in [9.17, 15) is 0 Å². The highest BCUT2D eigenvalue weighted by Crippen LogP contribution is 2.45. The molecule has 0 amide bonds. The van der Waals surface area contributed by atoms with E-state index in [0.717, 1.165) is 18.2 Å². The number of aryl methyl sites for hydroxylation is 1. The fourth-order valence-electron chi connectivity index (χ4n) is 2.80. The fraction of sp³-hybridized carbons (Fsp3) is 0.647. The van der Waals surface area contributed by atoms with Gasteiger partial charge in [0.05, 0.1) is 7.11 Å². The average molecular weight is 261 g/mol. The van der Waals surface area contributed by atoms with Gasteiger partial charge in [0.2, 0.25) is 0 Å². The summed E-state index contributed by atoms with van der Waals surface area (Å²) < 4.78 is 5.53. The van der Waals surface area contributed by atoms with Crippen LogP contribution in [0.15, 0.2) is 18.2 Å². The molecule has 0 heterocycles. The van der Waals surface area contributed by atoms with Crippen LogP contribution in [-0.2, 0) is 0 Å². The van der Waals surface area contributed by atoms with E-state index in [1.54, 1.807) is 7.11 Å². The monoisotopic (exact) mass is 261 g/mol. The Hall–Kier alpha value is -1.02. The summed E-state index contributed by atoms with van der Waals surface area (Å²) in [5.74, 6) is 2.45. The van der Waals surface area contributed by atoms with Crippen molar-refractivity contribution in [3.05, 3.63) is 29.3 Å². The largest absolute Gasteiger partial charge is 0.496 e. The smallest absolute Gasteiger partial charge is 0.122 e. The number of hydrogen-bond acceptors (Lipinski definition) is 2. The number of hydrogen-bond donors (Lipinski definition) is 1. The van der Waals surface area contributed by atoms with Gasteiger partial charge in [0.1, 0.15) is 5.75 Å². The summed E-state index contributed by atoms with van der Waals surface area (Å²) in [6, 6.07) is 6.54. The summed E-state index contributed by atoms with van der Waals surface area (Å²) in [4.78, 5) is 0. The van der Waals surface area contributed by atoms with Gasteiger partial charge < -0.3 is 10.1 Å². The Morgan fingerprint density at radius 3 is 2.53 bits per heavy atom. The third-order valence-corrected chi connectivity index (χ3v) is 4.10. The molecule has 2 atom stereocenters. The van der Waals surface area contributed by atoms with Gasteiger partial charge >= 0.3 is 0 Å². The second-order valence-corrected chi connectivity index (χ2v) is 6.82. The highest BCUT2D eigenvalue weighted by atomic mass is 16.5. The molecule has 1 saturated carbocycles. The first kappa shape index (κ1) is 14.4. The molecule has 19 heavy (non-hydrogen) atoms. The van der Waals surface area contributed by atoms with E-state index >= 15 is 0 Å². The zero-order chi connectivity index (χ0) is 14.0. The summed E-state index contributed by atoms with van der Waals surface area (Å²) in [6.07, 6.45) is 2.61. The Morgan fingerprint density at radius 2 is 2.00 bits per heavy atom. The molecule has 2 heteroatoms. The van der Waals surface area contributed by atoms with E-state index in [2.05, 4.69) is 51.2 Å². The summed E-state index contributed by atoms with van der Waals surface area (Å²) in [5, 5.41) is 3.63. The van der Waals surface area contributed by atoms with Gasteiger partial charge in [0.25, 0.3) is 0 Å². The third kappa shape index (κ3) is 3.50. The maximum Gasteiger partial charge on any atom is 0.122 e. The van der Waals surface area contributed by atoms with Gasteiger partial charge in [-0.2, -0.15) is 0 Å². The molecule has 0 saturated heterocycles. The fourth-order valence-corrected chi connectivity index (χ4v) is 2.80. The van der Waals surface area contributed by atoms with E-state index in [0.29, 0.717) is 5.92 Å². The minimum absolute atomic E-state index is 0.205. The molecule has 1 N–H and O–H groups in total. The van der Waals surface area contributed by atoms with Crippen molar-refractivity contribution in [2.75, 3.05) is 13.7 Å². The van der Waals surface area contributed by atoms with Crippen LogP contribution in [0.2, 0.25) is 0 Å². The molecular formula is C17H27NO. The predicted molar refractivity (Wildman–Crippen MR) is 81.0 cm³/mol. The molecule has 0 aliphatic heterocycles. The molecule has 2 nitrogen and oxygen atoms in total. The SMILES string of the molecule is COc1ccc(C)cc1C1CCC1CNC(C)(C)C. The van der Waals surface area contributed by atoms with Crippen molar-refractivity contribution < 1.29 is 4.74 Å². The summed E-state index contributed by atoms with van der Waals surface area (Å²) in [5.41, 5.74) is 2.93. The molecule has 2 unspecified atom stereocenters. The van der Waals surface area contributed by atoms with Gasteiger partial charge in [-0.05, 0) is 70.5 Å². The lowest BCUT2D eigenvalue weighted by molar-refractivity contribution is 0.221. The Kier molecular flexibility index (Phi) is 4.19. The summed E-state index contributed by atoms with van der Waals surface area (Å²) in [7, 11) is 1.77. The van der Waals surface area contributed by atoms with Gasteiger partial charge in [-0.15, -0.1) is 0 Å². The van der Waals surface area contributed by atoms with E-state index in [-0.39, 0.29) is 5.54 Å². The van der Waals surface area contributed by atoms with Crippen LogP contribution in [0.25, 0.3) is 0 Å². The standard InChI is InChI=1S/C17H27NO/c1-12-6-9-16(19-5)15(10-12)14-8-7-13(14)11-18-17(2,3)4/h6,9-10,13-14,18H,7-8,11H2,1-5H3. The Morgan fingerprint density at radius 1 is 1.26 bits per heavy atom. The van der Waals surface area contributed by atoms with Gasteiger partial charge in [0, 0.05) is 5.54 Å². The number of nitrogens with one attached hydrogen (secondary N) is 1. The van der Waals surface area contributed by atoms with E-state index in [1.807, 2.05) is 0 Å². The molecule has 1 aliphatic rings. The van der Waals surface area contributed by atoms with Gasteiger partial charge in [-0.3, -0.25) is 0 Å². The van der Waals surface area contributed by atoms with Crippen LogP contribution in [0.1, 0.15) is 50.7 Å². The van der Waals surface area contributed by atoms with E-state index in [4.69, 9.17) is 4.74 Å². The highest BCUT2D eigenvalue weighted by Gasteiger charge is 2.34. The maximum atomic E-state index is 5.53. The average Bonchev–Trinajstić information content (AvgIpc) is 2.26. The van der Waals surface area contributed by atoms with E-state index in [1.165, 1.54) is 24.0 Å². The van der Waals surface area contributed by atoms with E-state index < -0.39 is 0 Å². The highest BCUT2D eigenvalue weighted by molar-refractivity contribution is 5.40. The summed E-state index contributed by atoms with van der Waals surface area (Å²) >= 11 is 0. The van der Waals surface area contributed by atoms with Crippen molar-refractivity contribution in [2.24, 2.45) is 5.92 Å². The first-order valence-electron chi connectivity index (χ1n) is 7.30. The van der Waals surface area contributed by atoms with Crippen LogP contribution >= 0.6 is 0 Å². The molecule has 0 radical (unpaired) electrons. The molecule has 0 aromatic heterocycles. The van der Waals surface area contributed by atoms with Gasteiger partial charge in [-0.25, -0.2) is 0 Å². The van der Waals surface area contributed by atoms with Gasteiger partial charge in [0.15, 0.2) is 0 Å². The minimum atomic E-state index is 0.205. The lowest BCUT2D eigenvalue weighted by Crippen LogP contribution is -2.43. The van der Waals surface area contributed by atoms with Crippen molar-refractivity contribution in [2.45, 2.75) is 52.0 Å². The first-order chi connectivity index (χ1) is 8.90. The number of rotatable bonds is 4. The van der Waals surface area contributed by atoms with Crippen molar-refractivity contribution in [3.8, 4) is 5.75 Å². The maximum absolute atomic E-state index is 5.53. The molecule has 2 rings (SSSR count). The van der Waals surface area contributed by atoms with Crippen LogP contribution < -0.4 is 10.1 Å². The second kappa shape index (κ2) is 5.54. The van der Waals surface area contributed by atoms with Crippen molar-refractivity contribution in [3.63, 3.8) is 0 Å². The molecule has 1 aromatic carbocycles. The molecule has 0 spiro atoms. The zero-order valence-electron chi connectivity index (χ0n) is 12.9. The second-order valence-electron chi connectivity index (χ2n) is 6.82. The van der Waals surface area contributed by atoms with Crippen molar-refractivity contribution in [1.82, 2.24) is 5.32 Å². The normalized spacial score (nSPS) is 23.0. The van der Waals surface area contributed by atoms with Crippen molar-refractivity contribution in [1.29, 1.82) is 0 Å². The molecular weight excluding hydrogens is 234 g/mol. The van der Waals surface area contributed by atoms with Gasteiger partial charge in [-0.1, -0.05) is 17.7 Å². The number of methoxy groups -OCH3 is 1. The third-order valence-electron chi connectivity index (χ3n) is 4.10. The predicted octanol–water partition coefficient (Wildman–Crippen LogP) is 3.89. The lowest BCUT2D eigenvalue weighted by Gasteiger charge is -2.39. The first-order valence-corrected chi connectivity index (χ1v) is 7.30. The quantitative estimate of drug-likeness (QED) is 0.888. The summed E-state index contributed by atoms with van der Waals surface area (Å²) in [6.45, 7) is 9.95. The lowest BCUT2D eigenvalue weighted by atomic mass is 9.69. The molecule has 1 fully saturated rings. The molecule has 0 bridgehead atoms. The Bertz CT molecular complexity index is 433. The number of ether oxygens (including phenoxy) is 1. The van der Waals surface area contributed by atoms with Crippen LogP contribution in [0.3, 0.4) is 0 Å². The van der Waals surface area contributed by atoms with Crippen molar-refractivity contribution >= 4 is 0 Å². The minimum Gasteiger partial charge on any atom is -0.496 e. The van der Waals surface area contributed by atoms with Crippen LogP contribution in [0, 0.1) is 12.8 Å². The van der Waals surface area contributed by atoms with Crippen LogP contribution in [0.4, 0.5) is 0 Å². The van der Waals surface area contributed by atoms with Crippen LogP contribution in [-0.4, -0.2) is 19.2 Å². The van der Waals surface area contributed by atoms with Crippen LogP contribution in [0.5, 0.6) is 5.75 Å². The molecule has 1 aromatic rings. The Labute approximate surface area is 117 Å². The number of benzene rings is 1. The molecule has 106 valence electrons. The Balaban J connectivity index is 2.08.